The van der Waals surface area contributed by atoms with Crippen LogP contribution in [0.5, 0.6) is 5.75 Å². The van der Waals surface area contributed by atoms with Crippen molar-refractivity contribution in [3.8, 4) is 5.75 Å². The van der Waals surface area contributed by atoms with Crippen molar-refractivity contribution in [3.63, 3.8) is 0 Å². The highest BCUT2D eigenvalue weighted by molar-refractivity contribution is 6.03. The Morgan fingerprint density at radius 3 is 2.20 bits per heavy atom. The number of nitrogens with one attached hydrogen (secondary N) is 1. The van der Waals surface area contributed by atoms with Crippen LogP contribution >= 0.6 is 0 Å². The average molecular weight is 357 g/mol. The molecule has 0 aromatic heterocycles. The molecule has 0 spiro atoms. The van der Waals surface area contributed by atoms with E-state index in [1.54, 1.807) is 6.92 Å². The highest BCUT2D eigenvalue weighted by Crippen LogP contribution is 2.65. The molecule has 1 aliphatic carbocycles. The van der Waals surface area contributed by atoms with Crippen molar-refractivity contribution >= 4 is 17.6 Å². The van der Waals surface area contributed by atoms with Gasteiger partial charge in [0.2, 0.25) is 0 Å². The molecule has 1 saturated carbocycles. The van der Waals surface area contributed by atoms with Crippen LogP contribution in [0.15, 0.2) is 24.3 Å². The van der Waals surface area contributed by atoms with E-state index >= 15 is 0 Å². The standard InChI is InChI=1S/C17H18F3NO4/c1-14(2)15(3)8-9-16(14,25-13(15)23)12(22)21-10-4-6-11(7-5-10)24-17(18,19)20/h4-7H,8-9H2,1-3H3,(H,21,22)/t15-,16+/m0/s1. The SMILES string of the molecule is CC1(C)[C@@]2(C)CC[C@]1(C(=O)Nc1ccc(OC(F)(F)F)cc1)OC2=O. The van der Waals surface area contributed by atoms with E-state index in [-0.39, 0.29) is 5.75 Å². The van der Waals surface area contributed by atoms with Crippen LogP contribution in [0.4, 0.5) is 18.9 Å². The van der Waals surface area contributed by atoms with Crippen molar-refractivity contribution in [3.05, 3.63) is 24.3 Å². The van der Waals surface area contributed by atoms with E-state index < -0.39 is 34.7 Å². The summed E-state index contributed by atoms with van der Waals surface area (Å²) in [5.74, 6) is -1.26. The van der Waals surface area contributed by atoms with Gasteiger partial charge in [-0.2, -0.15) is 0 Å². The molecule has 1 aliphatic heterocycles. The van der Waals surface area contributed by atoms with Gasteiger partial charge in [-0.05, 0) is 44.0 Å². The lowest BCUT2D eigenvalue weighted by atomic mass is 9.66. The first kappa shape index (κ1) is 17.6. The van der Waals surface area contributed by atoms with Crippen LogP contribution in [0.3, 0.4) is 0 Å². The Bertz CT molecular complexity index is 728. The lowest BCUT2D eigenvalue weighted by Crippen LogP contribution is -2.50. The van der Waals surface area contributed by atoms with E-state index in [4.69, 9.17) is 4.74 Å². The number of hydrogen-bond acceptors (Lipinski definition) is 4. The second-order valence-electron chi connectivity index (χ2n) is 7.20. The normalized spacial score (nSPS) is 30.1. The lowest BCUT2D eigenvalue weighted by molar-refractivity contribution is -0.274. The topological polar surface area (TPSA) is 64.6 Å². The molecular weight excluding hydrogens is 339 g/mol. The number of alkyl halides is 3. The molecule has 2 aliphatic rings. The largest absolute Gasteiger partial charge is 0.573 e. The van der Waals surface area contributed by atoms with E-state index in [1.165, 1.54) is 12.1 Å². The van der Waals surface area contributed by atoms with E-state index in [2.05, 4.69) is 10.1 Å². The van der Waals surface area contributed by atoms with E-state index in [0.717, 1.165) is 12.1 Å². The Kier molecular flexibility index (Phi) is 3.60. The average Bonchev–Trinajstić information content (AvgIpc) is 2.78. The van der Waals surface area contributed by atoms with Gasteiger partial charge in [0.25, 0.3) is 5.91 Å². The predicted octanol–water partition coefficient (Wildman–Crippen LogP) is 3.65. The molecule has 136 valence electrons. The van der Waals surface area contributed by atoms with Gasteiger partial charge < -0.3 is 14.8 Å². The summed E-state index contributed by atoms with van der Waals surface area (Å²) >= 11 is 0. The third-order valence-corrected chi connectivity index (χ3v) is 5.80. The van der Waals surface area contributed by atoms with Gasteiger partial charge in [-0.25, -0.2) is 0 Å². The van der Waals surface area contributed by atoms with Gasteiger partial charge in [0.1, 0.15) is 5.75 Å². The zero-order chi connectivity index (χ0) is 18.7. The summed E-state index contributed by atoms with van der Waals surface area (Å²) in [6, 6.07) is 4.80. The molecule has 1 saturated heterocycles. The number of carbonyl (C=O) groups is 2. The Hall–Kier alpha value is -2.25. The molecule has 2 bridgehead atoms. The third-order valence-electron chi connectivity index (χ3n) is 5.80. The summed E-state index contributed by atoms with van der Waals surface area (Å²) in [6.07, 6.45) is -3.83. The maximum atomic E-state index is 12.8. The fraction of sp³-hybridized carbons (Fsp3) is 0.529. The molecule has 1 aromatic rings. The second kappa shape index (κ2) is 5.12. The van der Waals surface area contributed by atoms with Crippen LogP contribution in [-0.4, -0.2) is 23.8 Å². The zero-order valence-corrected chi connectivity index (χ0v) is 14.0. The molecule has 1 N–H and O–H groups in total. The Labute approximate surface area is 142 Å². The Morgan fingerprint density at radius 1 is 1.16 bits per heavy atom. The van der Waals surface area contributed by atoms with Crippen LogP contribution < -0.4 is 10.1 Å². The van der Waals surface area contributed by atoms with Gasteiger partial charge in [-0.1, -0.05) is 13.8 Å². The summed E-state index contributed by atoms with van der Waals surface area (Å²) < 4.78 is 45.8. The first-order chi connectivity index (χ1) is 11.4. The van der Waals surface area contributed by atoms with Crippen LogP contribution in [-0.2, 0) is 14.3 Å². The smallest absolute Gasteiger partial charge is 0.448 e. The second-order valence-corrected chi connectivity index (χ2v) is 7.20. The van der Waals surface area contributed by atoms with E-state index in [9.17, 15) is 22.8 Å². The number of carbonyl (C=O) groups excluding carboxylic acids is 2. The number of halogens is 3. The molecule has 1 heterocycles. The van der Waals surface area contributed by atoms with Gasteiger partial charge >= 0.3 is 12.3 Å². The first-order valence-corrected chi connectivity index (χ1v) is 7.82. The number of benzene rings is 1. The van der Waals surface area contributed by atoms with Crippen molar-refractivity contribution in [2.45, 2.75) is 45.6 Å². The number of anilines is 1. The fourth-order valence-corrected chi connectivity index (χ4v) is 3.72. The van der Waals surface area contributed by atoms with E-state index in [1.807, 2.05) is 13.8 Å². The van der Waals surface area contributed by atoms with Gasteiger partial charge in [0.05, 0.1) is 5.41 Å². The number of amides is 1. The first-order valence-electron chi connectivity index (χ1n) is 7.82. The summed E-state index contributed by atoms with van der Waals surface area (Å²) in [4.78, 5) is 25.0. The summed E-state index contributed by atoms with van der Waals surface area (Å²) in [7, 11) is 0. The van der Waals surface area contributed by atoms with Crippen molar-refractivity contribution in [1.29, 1.82) is 0 Å². The number of ether oxygens (including phenoxy) is 2. The molecule has 2 atom stereocenters. The van der Waals surface area contributed by atoms with Gasteiger partial charge in [-0.3, -0.25) is 9.59 Å². The molecule has 1 amide bonds. The molecule has 8 heteroatoms. The quantitative estimate of drug-likeness (QED) is 0.839. The lowest BCUT2D eigenvalue weighted by Gasteiger charge is -2.35. The summed E-state index contributed by atoms with van der Waals surface area (Å²) in [5.41, 5.74) is -2.41. The maximum Gasteiger partial charge on any atom is 0.573 e. The third kappa shape index (κ3) is 2.46. The number of rotatable bonds is 3. The van der Waals surface area contributed by atoms with Crippen LogP contribution in [0.1, 0.15) is 33.6 Å². The van der Waals surface area contributed by atoms with Gasteiger partial charge in [0.15, 0.2) is 5.60 Å². The molecule has 3 rings (SSSR count). The Balaban J connectivity index is 1.78. The number of fused-ring (bicyclic) bond motifs is 2. The summed E-state index contributed by atoms with van der Waals surface area (Å²) in [5, 5.41) is 2.63. The molecule has 5 nitrogen and oxygen atoms in total. The van der Waals surface area contributed by atoms with Crippen molar-refractivity contribution < 1.29 is 32.2 Å². The highest BCUT2D eigenvalue weighted by atomic mass is 19.4. The van der Waals surface area contributed by atoms with E-state index in [0.29, 0.717) is 18.5 Å². The Morgan fingerprint density at radius 2 is 1.76 bits per heavy atom. The molecule has 25 heavy (non-hydrogen) atoms. The monoisotopic (exact) mass is 357 g/mol. The highest BCUT2D eigenvalue weighted by Gasteiger charge is 2.75. The van der Waals surface area contributed by atoms with Crippen molar-refractivity contribution in [2.75, 3.05) is 5.32 Å². The maximum absolute atomic E-state index is 12.8. The molecule has 0 radical (unpaired) electrons. The van der Waals surface area contributed by atoms with Gasteiger partial charge in [-0.15, -0.1) is 13.2 Å². The van der Waals surface area contributed by atoms with Crippen LogP contribution in [0.25, 0.3) is 0 Å². The van der Waals surface area contributed by atoms with Crippen molar-refractivity contribution in [1.82, 2.24) is 0 Å². The van der Waals surface area contributed by atoms with Crippen LogP contribution in [0.2, 0.25) is 0 Å². The molecular formula is C17H18F3NO4. The van der Waals surface area contributed by atoms with Gasteiger partial charge in [0, 0.05) is 11.1 Å². The molecule has 2 fully saturated rings. The summed E-state index contributed by atoms with van der Waals surface area (Å²) in [6.45, 7) is 5.44. The number of hydrogen-bond donors (Lipinski definition) is 1. The minimum Gasteiger partial charge on any atom is -0.448 e. The van der Waals surface area contributed by atoms with Crippen molar-refractivity contribution in [2.24, 2.45) is 10.8 Å². The minimum absolute atomic E-state index is 0.293. The molecule has 1 aromatic carbocycles. The fourth-order valence-electron chi connectivity index (χ4n) is 3.72. The number of esters is 1. The zero-order valence-electron chi connectivity index (χ0n) is 14.0. The minimum atomic E-state index is -4.78. The predicted molar refractivity (Wildman–Crippen MR) is 81.7 cm³/mol. The molecule has 0 unspecified atom stereocenters. The van der Waals surface area contributed by atoms with Crippen LogP contribution in [0, 0.1) is 10.8 Å².